The van der Waals surface area contributed by atoms with Crippen LogP contribution in [0.25, 0.3) is 0 Å². The van der Waals surface area contributed by atoms with Gasteiger partial charge < -0.3 is 10.8 Å². The topological polar surface area (TPSA) is 46.2 Å². The average molecular weight is 245 g/mol. The normalized spacial score (nSPS) is 21.8. The second kappa shape index (κ2) is 4.58. The van der Waals surface area contributed by atoms with Gasteiger partial charge >= 0.3 is 0 Å². The fourth-order valence-corrected chi connectivity index (χ4v) is 3.98. The second-order valence-corrected chi connectivity index (χ2v) is 5.99. The summed E-state index contributed by atoms with van der Waals surface area (Å²) in [4.78, 5) is 0. The Morgan fingerprint density at radius 1 is 1.00 bits per heavy atom. The van der Waals surface area contributed by atoms with E-state index in [2.05, 4.69) is 6.07 Å². The van der Waals surface area contributed by atoms with E-state index >= 15 is 0 Å². The predicted molar refractivity (Wildman–Crippen MR) is 73.9 cm³/mol. The molecule has 98 valence electrons. The summed E-state index contributed by atoms with van der Waals surface area (Å²) in [6.45, 7) is 0.754. The Bertz CT molecular complexity index is 447. The van der Waals surface area contributed by atoms with Crippen molar-refractivity contribution in [1.82, 2.24) is 0 Å². The first-order chi connectivity index (χ1) is 8.77. The summed E-state index contributed by atoms with van der Waals surface area (Å²) < 4.78 is 0. The molecular weight excluding hydrogens is 222 g/mol. The van der Waals surface area contributed by atoms with Crippen LogP contribution in [0.3, 0.4) is 0 Å². The van der Waals surface area contributed by atoms with Gasteiger partial charge in [-0.15, -0.1) is 0 Å². The van der Waals surface area contributed by atoms with Crippen molar-refractivity contribution in [2.45, 2.75) is 56.8 Å². The summed E-state index contributed by atoms with van der Waals surface area (Å²) in [5, 5.41) is 10.0. The quantitative estimate of drug-likeness (QED) is 0.841. The average Bonchev–Trinajstić information content (AvgIpc) is 2.89. The molecule has 0 heterocycles. The summed E-state index contributed by atoms with van der Waals surface area (Å²) in [7, 11) is 0. The third-order valence-electron chi connectivity index (χ3n) is 5.03. The number of rotatable bonds is 2. The maximum atomic E-state index is 10.0. The lowest BCUT2D eigenvalue weighted by molar-refractivity contribution is 0.434. The van der Waals surface area contributed by atoms with E-state index in [0.29, 0.717) is 5.75 Å². The number of hydrogen-bond donors (Lipinski definition) is 2. The van der Waals surface area contributed by atoms with Gasteiger partial charge in [0.15, 0.2) is 0 Å². The number of phenols is 1. The van der Waals surface area contributed by atoms with Crippen LogP contribution in [0.5, 0.6) is 5.75 Å². The molecule has 1 aromatic carbocycles. The highest BCUT2D eigenvalue weighted by Crippen LogP contribution is 2.45. The highest BCUT2D eigenvalue weighted by Gasteiger charge is 2.37. The zero-order valence-corrected chi connectivity index (χ0v) is 11.0. The van der Waals surface area contributed by atoms with Crippen LogP contribution in [-0.2, 0) is 18.3 Å². The molecule has 2 aliphatic rings. The lowest BCUT2D eigenvalue weighted by Crippen LogP contribution is -2.33. The lowest BCUT2D eigenvalue weighted by atomic mass is 9.73. The first-order valence-electron chi connectivity index (χ1n) is 7.31. The van der Waals surface area contributed by atoms with Crippen LogP contribution in [0.2, 0.25) is 0 Å². The molecule has 18 heavy (non-hydrogen) atoms. The molecule has 0 radical (unpaired) electrons. The number of aromatic hydroxyl groups is 1. The molecule has 0 spiro atoms. The molecule has 0 amide bonds. The molecule has 1 saturated carbocycles. The third-order valence-corrected chi connectivity index (χ3v) is 5.03. The van der Waals surface area contributed by atoms with Gasteiger partial charge in [-0.05, 0) is 61.3 Å². The van der Waals surface area contributed by atoms with Crippen molar-refractivity contribution in [3.63, 3.8) is 0 Å². The van der Waals surface area contributed by atoms with Gasteiger partial charge in [0.25, 0.3) is 0 Å². The van der Waals surface area contributed by atoms with E-state index in [1.54, 1.807) is 0 Å². The molecule has 2 heteroatoms. The van der Waals surface area contributed by atoms with Gasteiger partial charge in [-0.2, -0.15) is 0 Å². The zero-order chi connectivity index (χ0) is 12.6. The molecule has 0 atom stereocenters. The van der Waals surface area contributed by atoms with Crippen molar-refractivity contribution < 1.29 is 5.11 Å². The first kappa shape index (κ1) is 12.0. The maximum Gasteiger partial charge on any atom is 0.119 e. The minimum absolute atomic E-state index is 0.203. The molecular formula is C16H23NO. The molecule has 1 aromatic rings. The van der Waals surface area contributed by atoms with Crippen molar-refractivity contribution in [3.05, 3.63) is 28.8 Å². The molecule has 3 rings (SSSR count). The Hall–Kier alpha value is -1.02. The molecule has 0 aromatic heterocycles. The largest absolute Gasteiger partial charge is 0.508 e. The van der Waals surface area contributed by atoms with E-state index in [1.165, 1.54) is 55.2 Å². The number of nitrogens with two attached hydrogens (primary N) is 1. The van der Waals surface area contributed by atoms with E-state index < -0.39 is 0 Å². The van der Waals surface area contributed by atoms with Crippen molar-refractivity contribution >= 4 is 0 Å². The van der Waals surface area contributed by atoms with Crippen LogP contribution in [0.15, 0.2) is 12.1 Å². The Kier molecular flexibility index (Phi) is 3.06. The van der Waals surface area contributed by atoms with Gasteiger partial charge in [0.2, 0.25) is 0 Å². The third kappa shape index (κ3) is 1.74. The predicted octanol–water partition coefficient (Wildman–Crippen LogP) is 3.04. The highest BCUT2D eigenvalue weighted by atomic mass is 16.3. The van der Waals surface area contributed by atoms with Gasteiger partial charge in [-0.3, -0.25) is 0 Å². The molecule has 0 aliphatic heterocycles. The van der Waals surface area contributed by atoms with Crippen LogP contribution >= 0.6 is 0 Å². The smallest absolute Gasteiger partial charge is 0.119 e. The van der Waals surface area contributed by atoms with E-state index in [4.69, 9.17) is 5.73 Å². The van der Waals surface area contributed by atoms with Gasteiger partial charge in [0.05, 0.1) is 0 Å². The lowest BCUT2D eigenvalue weighted by Gasteiger charge is -2.33. The Balaban J connectivity index is 2.11. The second-order valence-electron chi connectivity index (χ2n) is 5.99. The molecule has 0 bridgehead atoms. The van der Waals surface area contributed by atoms with Gasteiger partial charge in [0.1, 0.15) is 5.75 Å². The number of fused-ring (bicyclic) bond motifs is 1. The molecule has 3 N–H and O–H groups in total. The Morgan fingerprint density at radius 2 is 1.67 bits per heavy atom. The molecule has 2 nitrogen and oxygen atoms in total. The fourth-order valence-electron chi connectivity index (χ4n) is 3.98. The van der Waals surface area contributed by atoms with Crippen LogP contribution in [0.4, 0.5) is 0 Å². The highest BCUT2D eigenvalue weighted by molar-refractivity contribution is 5.49. The minimum atomic E-state index is 0.203. The number of benzene rings is 1. The van der Waals surface area contributed by atoms with Crippen molar-refractivity contribution in [2.75, 3.05) is 6.54 Å². The van der Waals surface area contributed by atoms with Gasteiger partial charge in [0, 0.05) is 12.0 Å². The minimum Gasteiger partial charge on any atom is -0.508 e. The van der Waals surface area contributed by atoms with E-state index in [-0.39, 0.29) is 5.41 Å². The number of hydrogen-bond acceptors (Lipinski definition) is 2. The standard InChI is InChI=1S/C16H23NO/c17-11-16(9-3-4-10-16)14-7-8-15(18)13-6-2-1-5-12(13)14/h7-8,18H,1-6,9-11,17H2. The fraction of sp³-hybridized carbons (Fsp3) is 0.625. The summed E-state index contributed by atoms with van der Waals surface area (Å²) in [6.07, 6.45) is 9.67. The summed E-state index contributed by atoms with van der Waals surface area (Å²) in [6, 6.07) is 4.05. The SMILES string of the molecule is NCC1(c2ccc(O)c3c2CCCC3)CCCC1. The molecule has 2 aliphatic carbocycles. The number of phenolic OH excluding ortho intramolecular Hbond substituents is 1. The van der Waals surface area contributed by atoms with Gasteiger partial charge in [-0.25, -0.2) is 0 Å². The summed E-state index contributed by atoms with van der Waals surface area (Å²) in [5.41, 5.74) is 10.4. The monoisotopic (exact) mass is 245 g/mol. The first-order valence-corrected chi connectivity index (χ1v) is 7.31. The molecule has 0 unspecified atom stereocenters. The van der Waals surface area contributed by atoms with E-state index in [0.717, 1.165) is 19.4 Å². The Morgan fingerprint density at radius 3 is 2.33 bits per heavy atom. The van der Waals surface area contributed by atoms with E-state index in [1.807, 2.05) is 6.07 Å². The van der Waals surface area contributed by atoms with Crippen LogP contribution in [0, 0.1) is 0 Å². The summed E-state index contributed by atoms with van der Waals surface area (Å²) in [5.74, 6) is 0.499. The van der Waals surface area contributed by atoms with Crippen LogP contribution in [-0.4, -0.2) is 11.7 Å². The van der Waals surface area contributed by atoms with Crippen LogP contribution in [0.1, 0.15) is 55.2 Å². The Labute approximate surface area is 109 Å². The van der Waals surface area contributed by atoms with E-state index in [9.17, 15) is 5.11 Å². The molecule has 1 fully saturated rings. The maximum absolute atomic E-state index is 10.0. The van der Waals surface area contributed by atoms with Crippen LogP contribution < -0.4 is 5.73 Å². The van der Waals surface area contributed by atoms with Crippen molar-refractivity contribution in [2.24, 2.45) is 5.73 Å². The molecule has 0 saturated heterocycles. The van der Waals surface area contributed by atoms with Crippen molar-refractivity contribution in [1.29, 1.82) is 0 Å². The van der Waals surface area contributed by atoms with Gasteiger partial charge in [-0.1, -0.05) is 18.9 Å². The zero-order valence-electron chi connectivity index (χ0n) is 11.0. The summed E-state index contributed by atoms with van der Waals surface area (Å²) >= 11 is 0. The van der Waals surface area contributed by atoms with Crippen molar-refractivity contribution in [3.8, 4) is 5.75 Å².